The van der Waals surface area contributed by atoms with Crippen LogP contribution in [-0.2, 0) is 6.42 Å². The number of hydrogen-bond donors (Lipinski definition) is 0. The summed E-state index contributed by atoms with van der Waals surface area (Å²) in [5.41, 5.74) is 9.76. The predicted molar refractivity (Wildman–Crippen MR) is 177 cm³/mol. The Hall–Kier alpha value is -4.82. The molecule has 0 amide bonds. The van der Waals surface area contributed by atoms with Crippen LogP contribution in [0.25, 0.3) is 43.9 Å². The van der Waals surface area contributed by atoms with E-state index in [2.05, 4.69) is 115 Å². The van der Waals surface area contributed by atoms with Gasteiger partial charge in [-0.3, -0.25) is 9.98 Å². The second-order valence-electron chi connectivity index (χ2n) is 10.8. The minimum absolute atomic E-state index is 0.996. The van der Waals surface area contributed by atoms with Crippen molar-refractivity contribution in [2.24, 2.45) is 9.98 Å². The third kappa shape index (κ3) is 5.10. The third-order valence-corrected chi connectivity index (χ3v) is 8.20. The fraction of sp³-hybridized carbons (Fsp3) is 0.128. The van der Waals surface area contributed by atoms with Gasteiger partial charge in [0, 0.05) is 17.8 Å². The highest BCUT2D eigenvalue weighted by Gasteiger charge is 2.15. The van der Waals surface area contributed by atoms with E-state index in [0.29, 0.717) is 0 Å². The van der Waals surface area contributed by atoms with Gasteiger partial charge in [-0.25, -0.2) is 0 Å². The number of nitrogens with zero attached hydrogens (tertiary/aromatic N) is 2. The Morgan fingerprint density at radius 1 is 0.537 bits per heavy atom. The number of benzene rings is 5. The summed E-state index contributed by atoms with van der Waals surface area (Å²) in [6.45, 7) is 0. The van der Waals surface area contributed by atoms with Gasteiger partial charge in [0.25, 0.3) is 0 Å². The van der Waals surface area contributed by atoms with Crippen molar-refractivity contribution in [3.63, 3.8) is 0 Å². The summed E-state index contributed by atoms with van der Waals surface area (Å²) in [6, 6.07) is 35.1. The lowest BCUT2D eigenvalue weighted by Gasteiger charge is -2.16. The first-order valence-electron chi connectivity index (χ1n) is 14.6. The molecule has 2 aliphatic heterocycles. The molecule has 0 aliphatic carbocycles. The Kier molecular flexibility index (Phi) is 6.97. The Bertz CT molecular complexity index is 1900. The zero-order chi connectivity index (χ0) is 27.4. The van der Waals surface area contributed by atoms with Gasteiger partial charge < -0.3 is 0 Å². The fourth-order valence-electron chi connectivity index (χ4n) is 6.14. The van der Waals surface area contributed by atoms with E-state index in [1.165, 1.54) is 54.9 Å². The Labute approximate surface area is 241 Å². The maximum atomic E-state index is 4.88. The Balaban J connectivity index is 1.28. The second kappa shape index (κ2) is 11.3. The van der Waals surface area contributed by atoms with Crippen molar-refractivity contribution in [1.82, 2.24) is 0 Å². The molecular formula is C39H32N2. The monoisotopic (exact) mass is 528 g/mol. The van der Waals surface area contributed by atoms with E-state index in [-0.39, 0.29) is 0 Å². The molecule has 0 atom stereocenters. The highest BCUT2D eigenvalue weighted by molar-refractivity contribution is 6.15. The average molecular weight is 529 g/mol. The molecule has 2 aliphatic rings. The van der Waals surface area contributed by atoms with Crippen LogP contribution in [0.3, 0.4) is 0 Å². The second-order valence-corrected chi connectivity index (χ2v) is 10.8. The molecule has 198 valence electrons. The molecule has 0 fully saturated rings. The summed E-state index contributed by atoms with van der Waals surface area (Å²) >= 11 is 0. The maximum absolute atomic E-state index is 4.88. The van der Waals surface area contributed by atoms with Crippen molar-refractivity contribution in [3.8, 4) is 11.1 Å². The van der Waals surface area contributed by atoms with Crippen molar-refractivity contribution in [1.29, 1.82) is 0 Å². The summed E-state index contributed by atoms with van der Waals surface area (Å²) in [6.07, 6.45) is 17.8. The Morgan fingerprint density at radius 2 is 1.34 bits per heavy atom. The SMILES string of the molecule is C1=Nc2c(c3ccc(-c4cccc(/C5=C/C=N\C(c6ccccc6)=C/CCC5)c4)cc3c3ccccc23)CC/C=C\1. The quantitative estimate of drug-likeness (QED) is 0.208. The van der Waals surface area contributed by atoms with Gasteiger partial charge in [-0.05, 0) is 106 Å². The van der Waals surface area contributed by atoms with Crippen LogP contribution in [0.4, 0.5) is 5.69 Å². The first kappa shape index (κ1) is 25.2. The van der Waals surface area contributed by atoms with Crippen molar-refractivity contribution in [2.75, 3.05) is 0 Å². The standard InChI is InChI=1S/C39H32N2/c1-3-13-29(14-4-1)38-20-9-6-12-28(23-25-40-38)30-15-11-16-31(26-30)32-21-22-34-36-18-5-2-10-24-41-39(36)35-19-8-7-17-33(35)37(34)27-32/h1-4,7-8,10-11,13-17,19-27H,5-6,9,12,18H2/b10-2-,28-23+,38-20-,40-25-,41-24?. The largest absolute Gasteiger partial charge is 0.257 e. The van der Waals surface area contributed by atoms with Crippen molar-refractivity contribution >= 4 is 50.9 Å². The van der Waals surface area contributed by atoms with Crippen LogP contribution in [0.1, 0.15) is 42.4 Å². The van der Waals surface area contributed by atoms with Crippen LogP contribution >= 0.6 is 0 Å². The lowest BCUT2D eigenvalue weighted by Crippen LogP contribution is -1.93. The fourth-order valence-corrected chi connectivity index (χ4v) is 6.14. The summed E-state index contributed by atoms with van der Waals surface area (Å²) < 4.78 is 0. The van der Waals surface area contributed by atoms with E-state index < -0.39 is 0 Å². The van der Waals surface area contributed by atoms with Crippen LogP contribution in [0.2, 0.25) is 0 Å². The van der Waals surface area contributed by atoms with Gasteiger partial charge in [-0.1, -0.05) is 97.1 Å². The van der Waals surface area contributed by atoms with Gasteiger partial charge in [0.15, 0.2) is 0 Å². The molecule has 0 N–H and O–H groups in total. The van der Waals surface area contributed by atoms with E-state index >= 15 is 0 Å². The molecule has 2 heteroatoms. The van der Waals surface area contributed by atoms with Crippen LogP contribution in [0.5, 0.6) is 0 Å². The van der Waals surface area contributed by atoms with Crippen molar-refractivity contribution < 1.29 is 0 Å². The van der Waals surface area contributed by atoms with E-state index in [4.69, 9.17) is 9.98 Å². The molecular weight excluding hydrogens is 496 g/mol. The van der Waals surface area contributed by atoms with Gasteiger partial charge in [0.1, 0.15) is 0 Å². The number of hydrogen-bond acceptors (Lipinski definition) is 2. The van der Waals surface area contributed by atoms with E-state index in [9.17, 15) is 0 Å². The molecule has 0 aromatic heterocycles. The minimum atomic E-state index is 0.996. The number of aryl methyl sites for hydroxylation is 1. The predicted octanol–water partition coefficient (Wildman–Crippen LogP) is 10.5. The minimum Gasteiger partial charge on any atom is -0.257 e. The van der Waals surface area contributed by atoms with Crippen LogP contribution in [0.15, 0.2) is 131 Å². The average Bonchev–Trinajstić information content (AvgIpc) is 3.14. The van der Waals surface area contributed by atoms with E-state index in [1.54, 1.807) is 0 Å². The molecule has 0 bridgehead atoms. The summed E-state index contributed by atoms with van der Waals surface area (Å²) in [5.74, 6) is 0. The van der Waals surface area contributed by atoms with Crippen molar-refractivity contribution in [2.45, 2.75) is 32.1 Å². The normalized spacial score (nSPS) is 19.4. The third-order valence-electron chi connectivity index (χ3n) is 8.20. The number of allylic oxidation sites excluding steroid dienone is 5. The van der Waals surface area contributed by atoms with Gasteiger partial charge in [0.2, 0.25) is 0 Å². The first-order chi connectivity index (χ1) is 20.3. The van der Waals surface area contributed by atoms with Crippen LogP contribution in [-0.4, -0.2) is 12.4 Å². The lowest BCUT2D eigenvalue weighted by molar-refractivity contribution is 0.881. The molecule has 0 radical (unpaired) electrons. The zero-order valence-corrected chi connectivity index (χ0v) is 23.1. The van der Waals surface area contributed by atoms with Crippen molar-refractivity contribution in [3.05, 3.63) is 138 Å². The van der Waals surface area contributed by atoms with Crippen LogP contribution < -0.4 is 0 Å². The van der Waals surface area contributed by atoms with Gasteiger partial charge in [-0.2, -0.15) is 0 Å². The number of rotatable bonds is 3. The molecule has 5 aromatic rings. The molecule has 0 unspecified atom stereocenters. The first-order valence-corrected chi connectivity index (χ1v) is 14.6. The summed E-state index contributed by atoms with van der Waals surface area (Å²) in [4.78, 5) is 9.71. The maximum Gasteiger partial charge on any atom is 0.0746 e. The molecule has 2 nitrogen and oxygen atoms in total. The lowest BCUT2D eigenvalue weighted by atomic mass is 9.89. The van der Waals surface area contributed by atoms with Crippen LogP contribution in [0, 0.1) is 0 Å². The topological polar surface area (TPSA) is 24.7 Å². The Morgan fingerprint density at radius 3 is 2.27 bits per heavy atom. The van der Waals surface area contributed by atoms with E-state index in [0.717, 1.165) is 43.5 Å². The number of aliphatic imine (C=N–C) groups is 2. The highest BCUT2D eigenvalue weighted by Crippen LogP contribution is 2.41. The molecule has 0 saturated heterocycles. The molecule has 7 rings (SSSR count). The molecule has 41 heavy (non-hydrogen) atoms. The van der Waals surface area contributed by atoms with Gasteiger partial charge in [-0.15, -0.1) is 0 Å². The summed E-state index contributed by atoms with van der Waals surface area (Å²) in [7, 11) is 0. The van der Waals surface area contributed by atoms with Gasteiger partial charge in [0.05, 0.1) is 11.4 Å². The molecule has 2 heterocycles. The zero-order valence-electron chi connectivity index (χ0n) is 23.1. The summed E-state index contributed by atoms with van der Waals surface area (Å²) in [5, 5.41) is 5.10. The van der Waals surface area contributed by atoms with Gasteiger partial charge >= 0.3 is 0 Å². The number of fused-ring (bicyclic) bond motifs is 6. The molecule has 5 aromatic carbocycles. The van der Waals surface area contributed by atoms with E-state index in [1.807, 2.05) is 18.5 Å². The molecule has 0 spiro atoms. The smallest absolute Gasteiger partial charge is 0.0746 e. The highest BCUT2D eigenvalue weighted by atomic mass is 14.7. The molecule has 0 saturated carbocycles.